The van der Waals surface area contributed by atoms with E-state index in [0.717, 1.165) is 18.5 Å². The predicted octanol–water partition coefficient (Wildman–Crippen LogP) is 3.22. The van der Waals surface area contributed by atoms with Crippen LogP contribution < -0.4 is 5.73 Å². The first-order valence-corrected chi connectivity index (χ1v) is 7.50. The summed E-state index contributed by atoms with van der Waals surface area (Å²) in [6, 6.07) is 5.17. The fourth-order valence-corrected chi connectivity index (χ4v) is 3.89. The molecule has 0 spiro atoms. The largest absolute Gasteiger partial charge is 0.326 e. The zero-order valence-electron chi connectivity index (χ0n) is 11.0. The van der Waals surface area contributed by atoms with Gasteiger partial charge in [0.25, 0.3) is 0 Å². The van der Waals surface area contributed by atoms with Crippen LogP contribution in [0.2, 0.25) is 0 Å². The zero-order chi connectivity index (χ0) is 12.3. The molecule has 0 amide bonds. The van der Waals surface area contributed by atoms with Crippen molar-refractivity contribution >= 4 is 11.3 Å². The van der Waals surface area contributed by atoms with Crippen molar-refractivity contribution in [2.24, 2.45) is 11.7 Å². The summed E-state index contributed by atoms with van der Waals surface area (Å²) in [6.07, 6.45) is 5.58. The molecule has 17 heavy (non-hydrogen) atoms. The SMILES string of the molecule is CC1CCCCC1N(C)Cc1ccc(CN)s1. The lowest BCUT2D eigenvalue weighted by Crippen LogP contribution is -2.38. The third-order valence-corrected chi connectivity index (χ3v) is 5.05. The molecule has 0 bridgehead atoms. The van der Waals surface area contributed by atoms with Gasteiger partial charge in [-0.3, -0.25) is 4.90 Å². The lowest BCUT2D eigenvalue weighted by atomic mass is 9.85. The summed E-state index contributed by atoms with van der Waals surface area (Å²) in [4.78, 5) is 5.28. The first kappa shape index (κ1) is 13.1. The third-order valence-electron chi connectivity index (χ3n) is 3.96. The first-order chi connectivity index (χ1) is 8.20. The molecule has 0 aliphatic heterocycles. The van der Waals surface area contributed by atoms with Crippen LogP contribution in [0.25, 0.3) is 0 Å². The average molecular weight is 252 g/mol. The molecule has 1 aliphatic carbocycles. The summed E-state index contributed by atoms with van der Waals surface area (Å²) >= 11 is 1.86. The fraction of sp³-hybridized carbons (Fsp3) is 0.714. The number of nitrogens with two attached hydrogens (primary N) is 1. The van der Waals surface area contributed by atoms with E-state index in [0.29, 0.717) is 6.54 Å². The second kappa shape index (κ2) is 5.98. The van der Waals surface area contributed by atoms with Crippen molar-refractivity contribution in [3.8, 4) is 0 Å². The standard InChI is InChI=1S/C14H24N2S/c1-11-5-3-4-6-14(11)16(2)10-13-8-7-12(9-15)17-13/h7-8,11,14H,3-6,9-10,15H2,1-2H3. The maximum absolute atomic E-state index is 5.66. The highest BCUT2D eigenvalue weighted by Gasteiger charge is 2.24. The second-order valence-electron chi connectivity index (χ2n) is 5.32. The van der Waals surface area contributed by atoms with E-state index in [4.69, 9.17) is 5.73 Å². The van der Waals surface area contributed by atoms with Crippen LogP contribution in [0.5, 0.6) is 0 Å². The Kier molecular flexibility index (Phi) is 4.60. The van der Waals surface area contributed by atoms with Gasteiger partial charge in [0, 0.05) is 28.9 Å². The van der Waals surface area contributed by atoms with Crippen molar-refractivity contribution in [2.75, 3.05) is 7.05 Å². The smallest absolute Gasteiger partial charge is 0.0328 e. The third kappa shape index (κ3) is 3.30. The van der Waals surface area contributed by atoms with Gasteiger partial charge in [0.2, 0.25) is 0 Å². The molecule has 1 aromatic heterocycles. The van der Waals surface area contributed by atoms with E-state index in [1.54, 1.807) is 0 Å². The molecule has 2 nitrogen and oxygen atoms in total. The van der Waals surface area contributed by atoms with E-state index < -0.39 is 0 Å². The van der Waals surface area contributed by atoms with E-state index in [9.17, 15) is 0 Å². The Morgan fingerprint density at radius 2 is 2.00 bits per heavy atom. The summed E-state index contributed by atoms with van der Waals surface area (Å²) in [7, 11) is 2.27. The highest BCUT2D eigenvalue weighted by molar-refractivity contribution is 7.11. The molecule has 2 unspecified atom stereocenters. The highest BCUT2D eigenvalue weighted by atomic mass is 32.1. The number of nitrogens with zero attached hydrogens (tertiary/aromatic N) is 1. The molecule has 1 fully saturated rings. The molecule has 2 rings (SSSR count). The molecule has 1 saturated carbocycles. The van der Waals surface area contributed by atoms with E-state index in [-0.39, 0.29) is 0 Å². The van der Waals surface area contributed by atoms with Gasteiger partial charge in [-0.1, -0.05) is 19.8 Å². The van der Waals surface area contributed by atoms with Gasteiger partial charge >= 0.3 is 0 Å². The van der Waals surface area contributed by atoms with Crippen LogP contribution in [0.4, 0.5) is 0 Å². The van der Waals surface area contributed by atoms with Crippen molar-refractivity contribution in [1.29, 1.82) is 0 Å². The maximum atomic E-state index is 5.66. The molecule has 2 atom stereocenters. The van der Waals surface area contributed by atoms with Gasteiger partial charge in [-0.05, 0) is 37.9 Å². The highest BCUT2D eigenvalue weighted by Crippen LogP contribution is 2.29. The van der Waals surface area contributed by atoms with E-state index in [1.807, 2.05) is 11.3 Å². The van der Waals surface area contributed by atoms with Gasteiger partial charge in [-0.25, -0.2) is 0 Å². The molecule has 0 aromatic carbocycles. The molecule has 3 heteroatoms. The molecule has 96 valence electrons. The zero-order valence-corrected chi connectivity index (χ0v) is 11.8. The first-order valence-electron chi connectivity index (χ1n) is 6.68. The van der Waals surface area contributed by atoms with Crippen LogP contribution >= 0.6 is 11.3 Å². The van der Waals surface area contributed by atoms with Crippen molar-refractivity contribution in [1.82, 2.24) is 4.90 Å². The maximum Gasteiger partial charge on any atom is 0.0328 e. The van der Waals surface area contributed by atoms with Gasteiger partial charge in [-0.2, -0.15) is 0 Å². The lowest BCUT2D eigenvalue weighted by molar-refractivity contribution is 0.134. The van der Waals surface area contributed by atoms with Crippen molar-refractivity contribution in [3.63, 3.8) is 0 Å². The Morgan fingerprint density at radius 3 is 2.65 bits per heavy atom. The minimum absolute atomic E-state index is 0.675. The van der Waals surface area contributed by atoms with E-state index in [2.05, 4.69) is 31.0 Å². The molecule has 1 heterocycles. The molecule has 0 radical (unpaired) electrons. The van der Waals surface area contributed by atoms with Crippen LogP contribution in [0, 0.1) is 5.92 Å². The molecule has 1 aliphatic rings. The van der Waals surface area contributed by atoms with Crippen LogP contribution in [-0.4, -0.2) is 18.0 Å². The van der Waals surface area contributed by atoms with Crippen LogP contribution in [-0.2, 0) is 13.1 Å². The summed E-state index contributed by atoms with van der Waals surface area (Å²) in [5.41, 5.74) is 5.66. The van der Waals surface area contributed by atoms with Gasteiger partial charge < -0.3 is 5.73 Å². The average Bonchev–Trinajstić information content (AvgIpc) is 2.77. The quantitative estimate of drug-likeness (QED) is 0.891. The van der Waals surface area contributed by atoms with Crippen LogP contribution in [0.3, 0.4) is 0 Å². The molecule has 1 aromatic rings. The molecule has 2 N–H and O–H groups in total. The van der Waals surface area contributed by atoms with E-state index >= 15 is 0 Å². The minimum atomic E-state index is 0.675. The van der Waals surface area contributed by atoms with Crippen molar-refractivity contribution < 1.29 is 0 Å². The Morgan fingerprint density at radius 1 is 1.29 bits per heavy atom. The van der Waals surface area contributed by atoms with Crippen LogP contribution in [0.15, 0.2) is 12.1 Å². The van der Waals surface area contributed by atoms with E-state index in [1.165, 1.54) is 35.4 Å². The molecular weight excluding hydrogens is 228 g/mol. The van der Waals surface area contributed by atoms with Crippen LogP contribution in [0.1, 0.15) is 42.4 Å². The monoisotopic (exact) mass is 252 g/mol. The number of thiophene rings is 1. The normalized spacial score (nSPS) is 25.4. The van der Waals surface area contributed by atoms with Gasteiger partial charge in [-0.15, -0.1) is 11.3 Å². The predicted molar refractivity (Wildman–Crippen MR) is 75.1 cm³/mol. The van der Waals surface area contributed by atoms with Crippen molar-refractivity contribution in [3.05, 3.63) is 21.9 Å². The Hall–Kier alpha value is -0.380. The fourth-order valence-electron chi connectivity index (χ4n) is 2.93. The Balaban J connectivity index is 1.93. The second-order valence-corrected chi connectivity index (χ2v) is 6.57. The van der Waals surface area contributed by atoms with Crippen molar-refractivity contribution in [2.45, 2.75) is 51.7 Å². The lowest BCUT2D eigenvalue weighted by Gasteiger charge is -2.36. The summed E-state index contributed by atoms with van der Waals surface area (Å²) < 4.78 is 0. The van der Waals surface area contributed by atoms with Gasteiger partial charge in [0.15, 0.2) is 0 Å². The summed E-state index contributed by atoms with van der Waals surface area (Å²) in [6.45, 7) is 4.16. The summed E-state index contributed by atoms with van der Waals surface area (Å²) in [5, 5.41) is 0. The number of hydrogen-bond donors (Lipinski definition) is 1. The summed E-state index contributed by atoms with van der Waals surface area (Å²) in [5.74, 6) is 0.850. The minimum Gasteiger partial charge on any atom is -0.326 e. The van der Waals surface area contributed by atoms with Gasteiger partial charge in [0.05, 0.1) is 0 Å². The Labute approximate surface area is 109 Å². The van der Waals surface area contributed by atoms with Gasteiger partial charge in [0.1, 0.15) is 0 Å². The Bertz CT molecular complexity index is 348. The molecule has 0 saturated heterocycles. The topological polar surface area (TPSA) is 29.3 Å². The number of rotatable bonds is 4. The molecular formula is C14H24N2S. The number of hydrogen-bond acceptors (Lipinski definition) is 3.